The number of guanidine groups is 1. The minimum Gasteiger partial charge on any atom is -0.491 e. The van der Waals surface area contributed by atoms with Crippen LogP contribution in [0.2, 0.25) is 0 Å². The molecule has 2 rings (SSSR count). The van der Waals surface area contributed by atoms with E-state index in [1.54, 1.807) is 31.4 Å². The molecule has 0 aromatic heterocycles. The van der Waals surface area contributed by atoms with Crippen LogP contribution in [0, 0.1) is 5.41 Å². The predicted molar refractivity (Wildman–Crippen MR) is 125 cm³/mol. The van der Waals surface area contributed by atoms with Gasteiger partial charge in [0.1, 0.15) is 29.5 Å². The van der Waals surface area contributed by atoms with E-state index in [0.717, 1.165) is 12.8 Å². The number of amides is 1. The number of methoxy groups -OCH3 is 1. The fraction of sp³-hybridized carbons (Fsp3) is 0.421. The molecule has 0 saturated carbocycles. The summed E-state index contributed by atoms with van der Waals surface area (Å²) < 4.78 is 10.5. The number of aliphatic imine (C=N–C) groups is 1. The van der Waals surface area contributed by atoms with E-state index in [1.807, 2.05) is 6.92 Å². The fourth-order valence-corrected chi connectivity index (χ4v) is 2.80. The zero-order chi connectivity index (χ0) is 22.1. The van der Waals surface area contributed by atoms with Gasteiger partial charge in [0, 0.05) is 19.3 Å². The maximum absolute atomic E-state index is 12.6. The van der Waals surface area contributed by atoms with Crippen LogP contribution in [0.5, 0.6) is 5.75 Å². The molecule has 12 heteroatoms. The van der Waals surface area contributed by atoms with E-state index >= 15 is 0 Å². The molecule has 1 aliphatic rings. The third kappa shape index (κ3) is 7.28. The van der Waals surface area contributed by atoms with Gasteiger partial charge in [0.2, 0.25) is 0 Å². The lowest BCUT2D eigenvalue weighted by atomic mass is 10.2. The van der Waals surface area contributed by atoms with Gasteiger partial charge >= 0.3 is 0 Å². The van der Waals surface area contributed by atoms with Crippen molar-refractivity contribution in [2.24, 2.45) is 16.5 Å². The Kier molecular flexibility index (Phi) is 11.1. The van der Waals surface area contributed by atoms with Crippen molar-refractivity contribution in [3.05, 3.63) is 35.8 Å². The highest BCUT2D eigenvalue weighted by molar-refractivity contribution is 6.67. The van der Waals surface area contributed by atoms with Gasteiger partial charge in [-0.1, -0.05) is 24.9 Å². The zero-order valence-electron chi connectivity index (χ0n) is 17.5. The second-order valence-corrected chi connectivity index (χ2v) is 6.82. The number of nitrogens with zero attached hydrogens (tertiary/aromatic N) is 2. The van der Waals surface area contributed by atoms with Gasteiger partial charge in [-0.25, -0.2) is 4.99 Å². The van der Waals surface area contributed by atoms with Gasteiger partial charge < -0.3 is 31.2 Å². The summed E-state index contributed by atoms with van der Waals surface area (Å²) in [6.45, 7) is 3.50. The van der Waals surface area contributed by atoms with E-state index in [1.165, 1.54) is 4.90 Å². The monoisotopic (exact) mass is 473 g/mol. The summed E-state index contributed by atoms with van der Waals surface area (Å²) in [7, 11) is 1.60. The normalized spacial score (nSPS) is 15.7. The van der Waals surface area contributed by atoms with Gasteiger partial charge in [-0.05, 0) is 30.7 Å². The first-order valence-electron chi connectivity index (χ1n) is 9.53. The van der Waals surface area contributed by atoms with Crippen LogP contribution in [0.4, 0.5) is 5.69 Å². The highest BCUT2D eigenvalue weighted by Crippen LogP contribution is 2.27. The first kappa shape index (κ1) is 26.5. The lowest BCUT2D eigenvalue weighted by Crippen LogP contribution is -2.52. The maximum atomic E-state index is 12.6. The van der Waals surface area contributed by atoms with E-state index < -0.39 is 12.1 Å². The van der Waals surface area contributed by atoms with Crippen LogP contribution in [0.25, 0.3) is 0 Å². The van der Waals surface area contributed by atoms with Crippen molar-refractivity contribution in [1.29, 1.82) is 5.41 Å². The number of carbonyl (C=O) groups excluding carboxylic acids is 1. The SMILES string of the molecule is CCCCNC(=N)NC(=O)C1=C(N)N(c2ccc(OCCOC)cc2)C(N)C(Cl)=N1.Cl. The third-order valence-corrected chi connectivity index (χ3v) is 4.51. The molecule has 0 bridgehead atoms. The van der Waals surface area contributed by atoms with Crippen LogP contribution in [-0.4, -0.2) is 50.1 Å². The smallest absolute Gasteiger partial charge is 0.280 e. The molecule has 1 aromatic rings. The van der Waals surface area contributed by atoms with E-state index in [2.05, 4.69) is 15.6 Å². The van der Waals surface area contributed by atoms with Crippen molar-refractivity contribution in [2.75, 3.05) is 31.8 Å². The van der Waals surface area contributed by atoms with Crippen molar-refractivity contribution in [2.45, 2.75) is 25.9 Å². The first-order chi connectivity index (χ1) is 14.4. The van der Waals surface area contributed by atoms with Crippen LogP contribution in [-0.2, 0) is 9.53 Å². The number of benzene rings is 1. The molecule has 31 heavy (non-hydrogen) atoms. The van der Waals surface area contributed by atoms with Crippen molar-refractivity contribution in [3.8, 4) is 5.75 Å². The molecule has 1 heterocycles. The quantitative estimate of drug-likeness (QED) is 0.206. The molecule has 10 nitrogen and oxygen atoms in total. The van der Waals surface area contributed by atoms with Crippen molar-refractivity contribution in [3.63, 3.8) is 0 Å². The van der Waals surface area contributed by atoms with Gasteiger partial charge in [0.05, 0.1) is 6.61 Å². The summed E-state index contributed by atoms with van der Waals surface area (Å²) in [6, 6.07) is 6.98. The van der Waals surface area contributed by atoms with Crippen LogP contribution in [0.3, 0.4) is 0 Å². The lowest BCUT2D eigenvalue weighted by molar-refractivity contribution is -0.116. The van der Waals surface area contributed by atoms with E-state index in [9.17, 15) is 4.79 Å². The molecule has 1 aromatic carbocycles. The summed E-state index contributed by atoms with van der Waals surface area (Å²) in [5, 5.41) is 13.0. The molecule has 0 aliphatic carbocycles. The number of hydrogen-bond acceptors (Lipinski definition) is 8. The number of rotatable bonds is 9. The van der Waals surface area contributed by atoms with Crippen molar-refractivity contribution >= 4 is 46.7 Å². The van der Waals surface area contributed by atoms with E-state index in [0.29, 0.717) is 31.2 Å². The summed E-state index contributed by atoms with van der Waals surface area (Å²) >= 11 is 6.18. The molecule has 1 amide bonds. The average molecular weight is 474 g/mol. The Morgan fingerprint density at radius 3 is 2.61 bits per heavy atom. The Hall–Kier alpha value is -2.53. The first-order valence-corrected chi connectivity index (χ1v) is 9.91. The third-order valence-electron chi connectivity index (χ3n) is 4.20. The number of nitrogens with two attached hydrogens (primary N) is 2. The van der Waals surface area contributed by atoms with E-state index in [-0.39, 0.29) is 35.1 Å². The molecule has 1 aliphatic heterocycles. The maximum Gasteiger partial charge on any atom is 0.280 e. The van der Waals surface area contributed by atoms with Gasteiger partial charge in [-0.3, -0.25) is 15.5 Å². The fourth-order valence-electron chi connectivity index (χ4n) is 2.62. The lowest BCUT2D eigenvalue weighted by Gasteiger charge is -2.33. The Labute approximate surface area is 192 Å². The molecule has 0 radical (unpaired) electrons. The van der Waals surface area contributed by atoms with Gasteiger partial charge in [0.25, 0.3) is 5.91 Å². The second-order valence-electron chi connectivity index (χ2n) is 6.43. The highest BCUT2D eigenvalue weighted by atomic mass is 35.5. The van der Waals surface area contributed by atoms with Gasteiger partial charge in [-0.15, -0.1) is 12.4 Å². The summed E-state index contributed by atoms with van der Waals surface area (Å²) in [5.41, 5.74) is 12.8. The molecule has 0 spiro atoms. The number of unbranched alkanes of at least 4 members (excludes halogenated alkanes) is 1. The number of anilines is 1. The number of halogens is 2. The Morgan fingerprint density at radius 2 is 2.00 bits per heavy atom. The molecular formula is C19H29Cl2N7O3. The van der Waals surface area contributed by atoms with Gasteiger partial charge in [0.15, 0.2) is 11.7 Å². The Balaban J connectivity index is 0.00000480. The number of ether oxygens (including phenoxy) is 2. The predicted octanol–water partition coefficient (Wildman–Crippen LogP) is 1.44. The summed E-state index contributed by atoms with van der Waals surface area (Å²) in [5.74, 6) is -0.123. The zero-order valence-corrected chi connectivity index (χ0v) is 19.1. The molecule has 0 fully saturated rings. The topological polar surface area (TPSA) is 151 Å². The van der Waals surface area contributed by atoms with E-state index in [4.69, 9.17) is 38.0 Å². The van der Waals surface area contributed by atoms with Crippen LogP contribution < -0.4 is 31.7 Å². The molecule has 1 atom stereocenters. The average Bonchev–Trinajstić information content (AvgIpc) is 2.72. The summed E-state index contributed by atoms with van der Waals surface area (Å²) in [6.07, 6.45) is 0.987. The number of hydrogen-bond donors (Lipinski definition) is 5. The van der Waals surface area contributed by atoms with Gasteiger partial charge in [-0.2, -0.15) is 0 Å². The van der Waals surface area contributed by atoms with Crippen LogP contribution in [0.1, 0.15) is 19.8 Å². The molecular weight excluding hydrogens is 445 g/mol. The minimum atomic E-state index is -0.856. The Morgan fingerprint density at radius 1 is 1.32 bits per heavy atom. The molecule has 172 valence electrons. The molecule has 1 unspecified atom stereocenters. The second kappa shape index (κ2) is 13.0. The van der Waals surface area contributed by atoms with Crippen LogP contribution in [0.15, 0.2) is 40.8 Å². The number of carbonyl (C=O) groups is 1. The number of nitrogens with one attached hydrogen (secondary N) is 3. The van der Waals surface area contributed by atoms with Crippen molar-refractivity contribution in [1.82, 2.24) is 10.6 Å². The summed E-state index contributed by atoms with van der Waals surface area (Å²) in [4.78, 5) is 18.1. The Bertz CT molecular complexity index is 815. The van der Waals surface area contributed by atoms with Crippen LogP contribution >= 0.6 is 24.0 Å². The highest BCUT2D eigenvalue weighted by Gasteiger charge is 2.31. The largest absolute Gasteiger partial charge is 0.491 e. The minimum absolute atomic E-state index is 0. The molecule has 7 N–H and O–H groups in total. The molecule has 0 saturated heterocycles. The standard InChI is InChI=1S/C19H28ClN7O3.ClH/c1-3-4-9-24-19(23)26-18(28)14-16(21)27(17(22)15(20)25-14)12-5-7-13(8-6-12)30-11-10-29-2;/h5-8,17H,3-4,9-11,21-22H2,1-2H3,(H3,23,24,26,28);1H. The van der Waals surface area contributed by atoms with Crippen molar-refractivity contribution < 1.29 is 14.3 Å².